The zero-order valence-corrected chi connectivity index (χ0v) is 10.4. The Hall–Kier alpha value is -1.19. The van der Waals surface area contributed by atoms with Gasteiger partial charge in [0.2, 0.25) is 10.0 Å². The molecular formula is C9H15NO7S. The molecule has 0 aromatic heterocycles. The lowest BCUT2D eigenvalue weighted by Gasteiger charge is -2.15. The lowest BCUT2D eigenvalue weighted by Crippen LogP contribution is -2.44. The van der Waals surface area contributed by atoms with Gasteiger partial charge in [0.25, 0.3) is 0 Å². The summed E-state index contributed by atoms with van der Waals surface area (Å²) >= 11 is 0. The van der Waals surface area contributed by atoms with Crippen molar-refractivity contribution >= 4 is 22.0 Å². The van der Waals surface area contributed by atoms with E-state index in [1.165, 1.54) is 0 Å². The van der Waals surface area contributed by atoms with Crippen molar-refractivity contribution in [3.05, 3.63) is 0 Å². The molecule has 0 aliphatic carbocycles. The Morgan fingerprint density at radius 3 is 2.50 bits per heavy atom. The summed E-state index contributed by atoms with van der Waals surface area (Å²) in [5, 5.41) is 17.2. The van der Waals surface area contributed by atoms with E-state index in [2.05, 4.69) is 0 Å². The number of rotatable bonds is 7. The Balaban J connectivity index is 2.60. The highest BCUT2D eigenvalue weighted by atomic mass is 32.2. The molecule has 1 rings (SSSR count). The number of aliphatic carboxylic acids is 2. The summed E-state index contributed by atoms with van der Waals surface area (Å²) in [6.45, 7) is 0.484. The number of sulfonamides is 1. The number of hydrogen-bond donors (Lipinski definition) is 3. The minimum absolute atomic E-state index is 0.351. The van der Waals surface area contributed by atoms with Crippen LogP contribution in [0.4, 0.5) is 0 Å². The fourth-order valence-electron chi connectivity index (χ4n) is 1.64. The molecule has 1 unspecified atom stereocenters. The summed E-state index contributed by atoms with van der Waals surface area (Å²) < 4.78 is 30.3. The summed E-state index contributed by atoms with van der Waals surface area (Å²) in [4.78, 5) is 21.2. The van der Waals surface area contributed by atoms with Crippen LogP contribution in [0.15, 0.2) is 0 Å². The lowest BCUT2D eigenvalue weighted by atomic mass is 10.2. The van der Waals surface area contributed by atoms with Crippen LogP contribution in [-0.4, -0.2) is 55.1 Å². The van der Waals surface area contributed by atoms with Gasteiger partial charge in [-0.1, -0.05) is 0 Å². The van der Waals surface area contributed by atoms with Crippen molar-refractivity contribution in [2.45, 2.75) is 31.4 Å². The van der Waals surface area contributed by atoms with Gasteiger partial charge in [-0.3, -0.25) is 9.59 Å². The van der Waals surface area contributed by atoms with E-state index in [1.807, 2.05) is 4.72 Å². The molecule has 3 N–H and O–H groups in total. The minimum Gasteiger partial charge on any atom is -0.481 e. The largest absolute Gasteiger partial charge is 0.481 e. The molecule has 2 atom stereocenters. The summed E-state index contributed by atoms with van der Waals surface area (Å²) in [6, 6.07) is -1.66. The second kappa shape index (κ2) is 6.12. The lowest BCUT2D eigenvalue weighted by molar-refractivity contribution is -0.145. The van der Waals surface area contributed by atoms with Gasteiger partial charge in [-0.15, -0.1) is 0 Å². The van der Waals surface area contributed by atoms with E-state index < -0.39 is 40.5 Å². The van der Waals surface area contributed by atoms with Crippen LogP contribution in [0.5, 0.6) is 0 Å². The van der Waals surface area contributed by atoms with Gasteiger partial charge in [-0.25, -0.2) is 13.1 Å². The van der Waals surface area contributed by atoms with E-state index in [9.17, 15) is 18.0 Å². The highest BCUT2D eigenvalue weighted by Gasteiger charge is 2.29. The summed E-state index contributed by atoms with van der Waals surface area (Å²) in [5.74, 6) is -3.26. The average Bonchev–Trinajstić information content (AvgIpc) is 2.67. The highest BCUT2D eigenvalue weighted by molar-refractivity contribution is 7.89. The van der Waals surface area contributed by atoms with Crippen LogP contribution < -0.4 is 4.72 Å². The van der Waals surface area contributed by atoms with Gasteiger partial charge in [0.1, 0.15) is 6.04 Å². The van der Waals surface area contributed by atoms with E-state index >= 15 is 0 Å². The maximum absolute atomic E-state index is 11.6. The van der Waals surface area contributed by atoms with Crippen molar-refractivity contribution in [2.24, 2.45) is 0 Å². The van der Waals surface area contributed by atoms with Gasteiger partial charge in [-0.2, -0.15) is 0 Å². The quantitative estimate of drug-likeness (QED) is 0.546. The Bertz CT molecular complexity index is 413. The molecule has 1 aliphatic heterocycles. The second-order valence-electron chi connectivity index (χ2n) is 4.02. The number of carboxylic acid groups (broad SMARTS) is 2. The van der Waals surface area contributed by atoms with Gasteiger partial charge in [0, 0.05) is 6.61 Å². The van der Waals surface area contributed by atoms with E-state index in [0.717, 1.165) is 6.42 Å². The fraction of sp³-hybridized carbons (Fsp3) is 0.778. The van der Waals surface area contributed by atoms with E-state index in [-0.39, 0.29) is 5.75 Å². The molecule has 1 fully saturated rings. The Morgan fingerprint density at radius 2 is 2.06 bits per heavy atom. The van der Waals surface area contributed by atoms with Crippen molar-refractivity contribution in [1.29, 1.82) is 0 Å². The molecule has 0 aromatic rings. The van der Waals surface area contributed by atoms with Crippen molar-refractivity contribution in [3.8, 4) is 0 Å². The standard InChI is InChI=1S/C9H15NO7S/c11-8(12)4-7(9(13)14)10-18(15,16)5-6-2-1-3-17-6/h6-7,10H,1-5H2,(H,11,12)(H,13,14)/t6?,7-/m1/s1. The third-order valence-electron chi connectivity index (χ3n) is 2.43. The third kappa shape index (κ3) is 4.98. The number of carbonyl (C=O) groups is 2. The van der Waals surface area contributed by atoms with Crippen LogP contribution in [0, 0.1) is 0 Å². The molecule has 0 amide bonds. The van der Waals surface area contributed by atoms with E-state index in [1.54, 1.807) is 0 Å². The van der Waals surface area contributed by atoms with Crippen molar-refractivity contribution < 1.29 is 33.0 Å². The summed E-state index contributed by atoms with van der Waals surface area (Å²) in [7, 11) is -3.87. The molecule has 9 heteroatoms. The first-order chi connectivity index (χ1) is 8.30. The maximum atomic E-state index is 11.6. The van der Waals surface area contributed by atoms with E-state index in [4.69, 9.17) is 14.9 Å². The molecule has 0 saturated carbocycles. The Morgan fingerprint density at radius 1 is 1.39 bits per heavy atom. The monoisotopic (exact) mass is 281 g/mol. The molecule has 0 bridgehead atoms. The first kappa shape index (κ1) is 14.9. The average molecular weight is 281 g/mol. The predicted octanol–water partition coefficient (Wildman–Crippen LogP) is -0.987. The number of hydrogen-bond acceptors (Lipinski definition) is 5. The topological polar surface area (TPSA) is 130 Å². The molecule has 0 radical (unpaired) electrons. The van der Waals surface area contributed by atoms with Gasteiger partial charge in [0.05, 0.1) is 18.3 Å². The first-order valence-electron chi connectivity index (χ1n) is 5.36. The summed E-state index contributed by atoms with van der Waals surface area (Å²) in [5.41, 5.74) is 0. The predicted molar refractivity (Wildman–Crippen MR) is 59.6 cm³/mol. The van der Waals surface area contributed by atoms with Crippen LogP contribution >= 0.6 is 0 Å². The van der Waals surface area contributed by atoms with Gasteiger partial charge >= 0.3 is 11.9 Å². The van der Waals surface area contributed by atoms with Crippen molar-refractivity contribution in [1.82, 2.24) is 4.72 Å². The van der Waals surface area contributed by atoms with Crippen LogP contribution in [0.2, 0.25) is 0 Å². The Kier molecular flexibility index (Phi) is 5.05. The third-order valence-corrected chi connectivity index (χ3v) is 3.88. The van der Waals surface area contributed by atoms with Crippen molar-refractivity contribution in [3.63, 3.8) is 0 Å². The summed E-state index contributed by atoms with van der Waals surface area (Å²) in [6.07, 6.45) is 0.0942. The Labute approximate surface area is 104 Å². The molecule has 104 valence electrons. The number of ether oxygens (including phenoxy) is 1. The SMILES string of the molecule is O=C(O)C[C@@H](NS(=O)(=O)CC1CCCO1)C(=O)O. The fourth-order valence-corrected chi connectivity index (χ4v) is 3.11. The molecule has 0 spiro atoms. The normalized spacial score (nSPS) is 21.7. The molecular weight excluding hydrogens is 266 g/mol. The smallest absolute Gasteiger partial charge is 0.322 e. The zero-order chi connectivity index (χ0) is 13.8. The van der Waals surface area contributed by atoms with Gasteiger partial charge in [0.15, 0.2) is 0 Å². The van der Waals surface area contributed by atoms with Gasteiger partial charge in [-0.05, 0) is 12.8 Å². The van der Waals surface area contributed by atoms with Crippen LogP contribution in [0.1, 0.15) is 19.3 Å². The molecule has 8 nitrogen and oxygen atoms in total. The van der Waals surface area contributed by atoms with Crippen LogP contribution in [-0.2, 0) is 24.3 Å². The molecule has 1 aliphatic rings. The van der Waals surface area contributed by atoms with Crippen LogP contribution in [0.3, 0.4) is 0 Å². The van der Waals surface area contributed by atoms with E-state index in [0.29, 0.717) is 13.0 Å². The molecule has 1 heterocycles. The molecule has 18 heavy (non-hydrogen) atoms. The first-order valence-corrected chi connectivity index (χ1v) is 7.01. The highest BCUT2D eigenvalue weighted by Crippen LogP contribution is 2.13. The number of nitrogens with one attached hydrogen (secondary N) is 1. The number of carboxylic acids is 2. The zero-order valence-electron chi connectivity index (χ0n) is 9.53. The molecule has 0 aromatic carbocycles. The van der Waals surface area contributed by atoms with Crippen LogP contribution in [0.25, 0.3) is 0 Å². The second-order valence-corrected chi connectivity index (χ2v) is 5.82. The molecule has 1 saturated heterocycles. The van der Waals surface area contributed by atoms with Gasteiger partial charge < -0.3 is 14.9 Å². The minimum atomic E-state index is -3.87. The van der Waals surface area contributed by atoms with Crippen molar-refractivity contribution in [2.75, 3.05) is 12.4 Å². The maximum Gasteiger partial charge on any atom is 0.322 e.